The molecule has 0 amide bonds. The fourth-order valence-corrected chi connectivity index (χ4v) is 11.2. The number of hydrogen-bond acceptors (Lipinski definition) is 0. The van der Waals surface area contributed by atoms with Crippen molar-refractivity contribution in [3.8, 4) is 55.9 Å². The van der Waals surface area contributed by atoms with E-state index in [1.165, 1.54) is 60.5 Å². The Kier molecular flexibility index (Phi) is 6.20. The van der Waals surface area contributed by atoms with Gasteiger partial charge in [-0.2, -0.15) is 0 Å². The summed E-state index contributed by atoms with van der Waals surface area (Å²) in [5.74, 6) is 0. The highest BCUT2D eigenvalue weighted by Crippen LogP contribution is 2.53. The Balaban J connectivity index is 0.932. The topological polar surface area (TPSA) is 9.86 Å². The third-order valence-electron chi connectivity index (χ3n) is 14.2. The minimum atomic E-state index is -0.416. The number of nitrogens with zero attached hydrogens (tertiary/aromatic N) is 2. The van der Waals surface area contributed by atoms with Crippen molar-refractivity contribution in [1.82, 2.24) is 9.13 Å². The Morgan fingerprint density at radius 2 is 0.839 bits per heavy atom. The summed E-state index contributed by atoms with van der Waals surface area (Å²) in [6.45, 7) is 9.11. The van der Waals surface area contributed by atoms with Crippen molar-refractivity contribution in [1.29, 1.82) is 0 Å². The predicted octanol–water partition coefficient (Wildman–Crippen LogP) is 15.8. The molecule has 0 N–H and O–H groups in total. The van der Waals surface area contributed by atoms with Gasteiger partial charge < -0.3 is 9.13 Å². The molecule has 2 aromatic heterocycles. The van der Waals surface area contributed by atoms with Crippen LogP contribution in [0, 0.1) is 0 Å². The van der Waals surface area contributed by atoms with Gasteiger partial charge >= 0.3 is 0 Å². The Bertz CT molecular complexity index is 3970. The van der Waals surface area contributed by atoms with E-state index >= 15 is 0 Å². The van der Waals surface area contributed by atoms with Crippen LogP contribution in [0.3, 0.4) is 0 Å². The second kappa shape index (κ2) is 12.6. The Labute approximate surface area is 369 Å². The SMILES string of the molecule is [2H]c1c([2H])c([2H])c(-c2cccc3c2-c2ccc(-n4c5ccccc5c5cc(-c6ccc7c(c6)c6ccccc6n7-c6ccc7c(c6)C(C)(C)c6ccccc6-7)ccc54)cc2C3(C)C)c([2H])c1[2H]. The van der Waals surface area contributed by atoms with Gasteiger partial charge in [0.15, 0.2) is 0 Å². The first kappa shape index (κ1) is 30.6. The lowest BCUT2D eigenvalue weighted by Crippen LogP contribution is -2.15. The van der Waals surface area contributed by atoms with Crippen LogP contribution in [0.15, 0.2) is 194 Å². The fraction of sp³-hybridized carbons (Fsp3) is 0.100. The zero-order chi connectivity index (χ0) is 45.8. The fourth-order valence-electron chi connectivity index (χ4n) is 11.2. The highest BCUT2D eigenvalue weighted by molar-refractivity contribution is 6.13. The largest absolute Gasteiger partial charge is 0.309 e. The summed E-state index contributed by atoms with van der Waals surface area (Å²) >= 11 is 0. The lowest BCUT2D eigenvalue weighted by molar-refractivity contribution is 0.660. The first-order valence-corrected chi connectivity index (χ1v) is 21.5. The average molecular weight is 798 g/mol. The van der Waals surface area contributed by atoms with Crippen molar-refractivity contribution in [2.24, 2.45) is 0 Å². The molecule has 0 spiro atoms. The van der Waals surface area contributed by atoms with Crippen LogP contribution in [0.25, 0.3) is 99.5 Å². The summed E-state index contributed by atoms with van der Waals surface area (Å²) in [4.78, 5) is 0. The van der Waals surface area contributed by atoms with Gasteiger partial charge in [-0.05, 0) is 127 Å². The maximum atomic E-state index is 8.84. The highest BCUT2D eigenvalue weighted by atomic mass is 15.0. The summed E-state index contributed by atoms with van der Waals surface area (Å²) in [5, 5.41) is 4.78. The number of benzene rings is 9. The maximum absolute atomic E-state index is 8.84. The first-order valence-electron chi connectivity index (χ1n) is 24.0. The molecule has 0 bridgehead atoms. The number of fused-ring (bicyclic) bond motifs is 12. The first-order chi connectivity index (χ1) is 32.3. The molecule has 2 heterocycles. The van der Waals surface area contributed by atoms with Crippen LogP contribution in [0.5, 0.6) is 0 Å². The van der Waals surface area contributed by atoms with Crippen molar-refractivity contribution >= 4 is 43.6 Å². The van der Waals surface area contributed by atoms with Crippen molar-refractivity contribution in [2.75, 3.05) is 0 Å². The summed E-state index contributed by atoms with van der Waals surface area (Å²) in [6, 6.07) is 58.1. The standard InChI is InChI=1S/C60H44N2/c1-59(2)50-21-11-8-17-43(50)44-29-27-40(35-52(44)59)61-54-23-12-9-18-45(54)48-33-38(25-31-56(48)61)39-26-32-57-49(34-39)46-19-10-13-24-55(46)62(57)41-28-30-47-53(36-41)60(3,4)51-22-14-20-42(58(47)51)37-15-6-5-7-16-37/h5-36H,1-4H3/i5D,6D,7D,15D,16D. The minimum Gasteiger partial charge on any atom is -0.309 e. The molecule has 0 unspecified atom stereocenters. The predicted molar refractivity (Wildman–Crippen MR) is 261 cm³/mol. The van der Waals surface area contributed by atoms with E-state index in [0.717, 1.165) is 50.1 Å². The minimum absolute atomic E-state index is 0.0943. The molecule has 0 fully saturated rings. The van der Waals surface area contributed by atoms with E-state index in [-0.39, 0.29) is 41.2 Å². The van der Waals surface area contributed by atoms with E-state index in [0.29, 0.717) is 5.56 Å². The molecule has 0 radical (unpaired) electrons. The average Bonchev–Trinajstić information content (AvgIpc) is 4.01. The van der Waals surface area contributed by atoms with Gasteiger partial charge in [-0.3, -0.25) is 0 Å². The van der Waals surface area contributed by atoms with Gasteiger partial charge in [0.1, 0.15) is 0 Å². The van der Waals surface area contributed by atoms with Crippen LogP contribution in [0.1, 0.15) is 56.8 Å². The normalized spacial score (nSPS) is 15.5. The highest BCUT2D eigenvalue weighted by Gasteiger charge is 2.38. The molecule has 11 aromatic rings. The van der Waals surface area contributed by atoms with E-state index in [9.17, 15) is 0 Å². The van der Waals surface area contributed by atoms with Gasteiger partial charge in [0.25, 0.3) is 0 Å². The quantitative estimate of drug-likeness (QED) is 0.168. The maximum Gasteiger partial charge on any atom is 0.0629 e. The number of para-hydroxylation sites is 2. The molecular formula is C60H44N2. The lowest BCUT2D eigenvalue weighted by atomic mass is 9.82. The van der Waals surface area contributed by atoms with Crippen LogP contribution in [0.2, 0.25) is 0 Å². The van der Waals surface area contributed by atoms with E-state index in [1.54, 1.807) is 0 Å². The van der Waals surface area contributed by atoms with E-state index < -0.39 is 5.41 Å². The zero-order valence-electron chi connectivity index (χ0n) is 40.0. The molecular weight excluding hydrogens is 749 g/mol. The molecule has 2 aliphatic carbocycles. The van der Waals surface area contributed by atoms with E-state index in [4.69, 9.17) is 6.85 Å². The Morgan fingerprint density at radius 3 is 1.48 bits per heavy atom. The van der Waals surface area contributed by atoms with Crippen LogP contribution in [0.4, 0.5) is 0 Å². The monoisotopic (exact) mass is 797 g/mol. The molecule has 2 aliphatic rings. The van der Waals surface area contributed by atoms with Gasteiger partial charge in [-0.1, -0.05) is 161 Å². The molecule has 0 saturated carbocycles. The molecule has 0 aliphatic heterocycles. The van der Waals surface area contributed by atoms with Crippen LogP contribution in [-0.2, 0) is 10.8 Å². The van der Waals surface area contributed by atoms with Crippen molar-refractivity contribution < 1.29 is 6.85 Å². The van der Waals surface area contributed by atoms with Gasteiger partial charge in [0.2, 0.25) is 0 Å². The van der Waals surface area contributed by atoms with Gasteiger partial charge in [0.05, 0.1) is 28.9 Å². The van der Waals surface area contributed by atoms with E-state index in [1.807, 2.05) is 12.1 Å². The zero-order valence-corrected chi connectivity index (χ0v) is 35.0. The van der Waals surface area contributed by atoms with Crippen molar-refractivity contribution in [2.45, 2.75) is 38.5 Å². The van der Waals surface area contributed by atoms with Gasteiger partial charge in [0, 0.05) is 43.7 Å². The number of rotatable bonds is 4. The summed E-state index contributed by atoms with van der Waals surface area (Å²) in [6.07, 6.45) is 0. The van der Waals surface area contributed by atoms with Gasteiger partial charge in [-0.25, -0.2) is 0 Å². The number of hydrogen-bond donors (Lipinski definition) is 0. The molecule has 0 saturated heterocycles. The van der Waals surface area contributed by atoms with Crippen molar-refractivity contribution in [3.05, 3.63) is 216 Å². The molecule has 0 atom stereocenters. The molecule has 9 aromatic carbocycles. The Morgan fingerprint density at radius 1 is 0.355 bits per heavy atom. The second-order valence-corrected chi connectivity index (χ2v) is 18.2. The Hall–Kier alpha value is -7.42. The smallest absolute Gasteiger partial charge is 0.0629 e. The molecule has 13 rings (SSSR count). The molecule has 2 heteroatoms. The molecule has 294 valence electrons. The van der Waals surface area contributed by atoms with Gasteiger partial charge in [-0.15, -0.1) is 0 Å². The van der Waals surface area contributed by atoms with E-state index in [2.05, 4.69) is 188 Å². The molecule has 62 heavy (non-hydrogen) atoms. The summed E-state index contributed by atoms with van der Waals surface area (Å²) in [7, 11) is 0. The van der Waals surface area contributed by atoms with Crippen molar-refractivity contribution in [3.63, 3.8) is 0 Å². The van der Waals surface area contributed by atoms with Crippen LogP contribution >= 0.6 is 0 Å². The molecule has 2 nitrogen and oxygen atoms in total. The summed E-state index contributed by atoms with van der Waals surface area (Å²) < 4.78 is 47.6. The third kappa shape index (κ3) is 4.75. The summed E-state index contributed by atoms with van der Waals surface area (Å²) in [5.41, 5.74) is 19.0. The van der Waals surface area contributed by atoms with Crippen LogP contribution in [-0.4, -0.2) is 9.13 Å². The van der Waals surface area contributed by atoms with Crippen LogP contribution < -0.4 is 0 Å². The number of aromatic nitrogens is 2. The second-order valence-electron chi connectivity index (χ2n) is 18.2. The lowest BCUT2D eigenvalue weighted by Gasteiger charge is -2.22. The third-order valence-corrected chi connectivity index (χ3v) is 14.2.